The van der Waals surface area contributed by atoms with Crippen LogP contribution in [0.25, 0.3) is 21.8 Å². The molecule has 0 radical (unpaired) electrons. The van der Waals surface area contributed by atoms with Crippen LogP contribution in [0.4, 0.5) is 0 Å². The van der Waals surface area contributed by atoms with Gasteiger partial charge >= 0.3 is 0 Å². The van der Waals surface area contributed by atoms with Gasteiger partial charge in [0, 0.05) is 84.7 Å². The van der Waals surface area contributed by atoms with E-state index in [1.807, 2.05) is 78.9 Å². The van der Waals surface area contributed by atoms with E-state index in [9.17, 15) is 28.8 Å². The Labute approximate surface area is 371 Å². The maximum Gasteiger partial charge on any atom is 0.242 e. The number of H-pyrrole nitrogens is 3. The first-order valence-corrected chi connectivity index (χ1v) is 21.7. The quantitative estimate of drug-likeness (QED) is 0.0325. The van der Waals surface area contributed by atoms with Crippen molar-refractivity contribution in [2.24, 2.45) is 35.0 Å². The number of ketones is 2. The van der Waals surface area contributed by atoms with Gasteiger partial charge in [0.2, 0.25) is 23.6 Å². The number of carbonyl (C=O) groups excluding carboxylic acids is 6. The maximum absolute atomic E-state index is 14.5. The molecule has 0 aliphatic rings. The van der Waals surface area contributed by atoms with E-state index in [1.165, 1.54) is 13.4 Å². The summed E-state index contributed by atoms with van der Waals surface area (Å²) < 4.78 is 0. The molecule has 0 spiro atoms. The number of hydrazine groups is 1. The zero-order valence-electron chi connectivity index (χ0n) is 36.1. The molecule has 0 unspecified atom stereocenters. The van der Waals surface area contributed by atoms with Crippen molar-refractivity contribution in [1.29, 1.82) is 0 Å². The predicted octanol–water partition coefficient (Wildman–Crippen LogP) is 3.72. The maximum atomic E-state index is 14.5. The number of fused-ring (bicyclic) bond motifs is 2. The Morgan fingerprint density at radius 1 is 0.688 bits per heavy atom. The molecular formula is C48H58N10O6. The Morgan fingerprint density at radius 3 is 1.88 bits per heavy atom. The lowest BCUT2D eigenvalue weighted by molar-refractivity contribution is -0.144. The number of nitrogens with one attached hydrogen (secondary N) is 5. The number of para-hydroxylation sites is 2. The number of primary amides is 1. The number of Topliss-reactive ketones (excluding diaryl/α,β-unsaturated/α-hetero) is 2. The molecule has 5 atom stereocenters. The second-order valence-electron chi connectivity index (χ2n) is 16.5. The number of aromatic amines is 3. The topological polar surface area (TPSA) is 268 Å². The van der Waals surface area contributed by atoms with Gasteiger partial charge in [0.05, 0.1) is 30.2 Å². The summed E-state index contributed by atoms with van der Waals surface area (Å²) in [5.41, 5.74) is 25.2. The normalized spacial score (nSPS) is 13.7. The minimum atomic E-state index is -1.04. The first-order valence-electron chi connectivity index (χ1n) is 21.7. The van der Waals surface area contributed by atoms with Crippen molar-refractivity contribution in [1.82, 2.24) is 35.7 Å². The van der Waals surface area contributed by atoms with E-state index in [2.05, 4.69) is 30.7 Å². The van der Waals surface area contributed by atoms with Crippen LogP contribution in [0.3, 0.4) is 0 Å². The van der Waals surface area contributed by atoms with Gasteiger partial charge in [-0.1, -0.05) is 73.2 Å². The van der Waals surface area contributed by atoms with Gasteiger partial charge in [-0.3, -0.25) is 39.2 Å². The van der Waals surface area contributed by atoms with Crippen LogP contribution in [0.2, 0.25) is 0 Å². The van der Waals surface area contributed by atoms with Crippen LogP contribution >= 0.6 is 0 Å². The van der Waals surface area contributed by atoms with E-state index in [4.69, 9.17) is 17.2 Å². The monoisotopic (exact) mass is 870 g/mol. The van der Waals surface area contributed by atoms with Crippen LogP contribution in [0.15, 0.2) is 104 Å². The first kappa shape index (κ1) is 46.6. The van der Waals surface area contributed by atoms with E-state index < -0.39 is 53.5 Å². The van der Waals surface area contributed by atoms with E-state index in [0.717, 1.165) is 43.5 Å². The van der Waals surface area contributed by atoms with Crippen LogP contribution < -0.4 is 27.9 Å². The summed E-state index contributed by atoms with van der Waals surface area (Å²) in [6.45, 7) is 0.439. The summed E-state index contributed by atoms with van der Waals surface area (Å²) in [6, 6.07) is 22.4. The Morgan fingerprint density at radius 2 is 1.28 bits per heavy atom. The predicted molar refractivity (Wildman–Crippen MR) is 244 cm³/mol. The van der Waals surface area contributed by atoms with Gasteiger partial charge < -0.3 is 37.5 Å². The fourth-order valence-electron chi connectivity index (χ4n) is 8.10. The lowest BCUT2D eigenvalue weighted by atomic mass is 9.89. The largest absolute Gasteiger partial charge is 0.369 e. The molecule has 4 amide bonds. The number of nitrogens with two attached hydrogens (primary N) is 3. The van der Waals surface area contributed by atoms with E-state index in [0.29, 0.717) is 31.5 Å². The molecule has 0 fully saturated rings. The number of imidazole rings is 1. The molecule has 0 aliphatic heterocycles. The summed E-state index contributed by atoms with van der Waals surface area (Å²) in [6.07, 6.45) is 8.26. The summed E-state index contributed by atoms with van der Waals surface area (Å²) in [5, 5.41) is 5.74. The Kier molecular flexibility index (Phi) is 16.3. The molecule has 3 heterocycles. The fourth-order valence-corrected chi connectivity index (χ4v) is 8.10. The molecule has 3 aromatic carbocycles. The third kappa shape index (κ3) is 12.6. The van der Waals surface area contributed by atoms with Crippen LogP contribution in [-0.2, 0) is 54.5 Å². The van der Waals surface area contributed by atoms with Crippen LogP contribution in [0.1, 0.15) is 60.9 Å². The van der Waals surface area contributed by atoms with Gasteiger partial charge in [-0.15, -0.1) is 0 Å². The van der Waals surface area contributed by atoms with Crippen LogP contribution in [0.5, 0.6) is 0 Å². The van der Waals surface area contributed by atoms with Gasteiger partial charge in [-0.2, -0.15) is 0 Å². The van der Waals surface area contributed by atoms with E-state index in [-0.39, 0.29) is 56.5 Å². The van der Waals surface area contributed by atoms with Crippen molar-refractivity contribution in [3.63, 3.8) is 0 Å². The average Bonchev–Trinajstić information content (AvgIpc) is 4.06. The van der Waals surface area contributed by atoms with Crippen molar-refractivity contribution in [3.8, 4) is 0 Å². The van der Waals surface area contributed by atoms with E-state index in [1.54, 1.807) is 18.6 Å². The molecule has 16 heteroatoms. The number of rotatable bonds is 24. The van der Waals surface area contributed by atoms with Gasteiger partial charge in [0.1, 0.15) is 0 Å². The summed E-state index contributed by atoms with van der Waals surface area (Å²) in [7, 11) is 1.39. The Hall–Kier alpha value is -6.91. The minimum absolute atomic E-state index is 0.116. The van der Waals surface area contributed by atoms with Crippen LogP contribution in [-0.4, -0.2) is 85.8 Å². The molecule has 0 bridgehead atoms. The lowest BCUT2D eigenvalue weighted by Gasteiger charge is -2.26. The number of nitrogens with zero attached hydrogens (tertiary/aromatic N) is 2. The summed E-state index contributed by atoms with van der Waals surface area (Å²) in [5.74, 6) is -5.68. The molecule has 64 heavy (non-hydrogen) atoms. The summed E-state index contributed by atoms with van der Waals surface area (Å²) in [4.78, 5) is 96.2. The highest BCUT2D eigenvalue weighted by Gasteiger charge is 2.33. The second-order valence-corrected chi connectivity index (χ2v) is 16.5. The molecule has 3 aromatic heterocycles. The van der Waals surface area contributed by atoms with Gasteiger partial charge in [0.15, 0.2) is 11.6 Å². The number of carbonyl (C=O) groups is 6. The fraction of sp³-hybridized carbons (Fsp3) is 0.354. The molecule has 0 aliphatic carbocycles. The second kappa shape index (κ2) is 22.4. The highest BCUT2D eigenvalue weighted by Crippen LogP contribution is 2.26. The molecule has 6 rings (SSSR count). The third-order valence-corrected chi connectivity index (χ3v) is 11.8. The van der Waals surface area contributed by atoms with Crippen LogP contribution in [0, 0.1) is 17.8 Å². The molecule has 0 saturated carbocycles. The molecule has 6 aromatic rings. The van der Waals surface area contributed by atoms with Crippen molar-refractivity contribution in [2.75, 3.05) is 13.6 Å². The minimum Gasteiger partial charge on any atom is -0.369 e. The highest BCUT2D eigenvalue weighted by atomic mass is 16.2. The lowest BCUT2D eigenvalue weighted by Crippen LogP contribution is -2.50. The zero-order chi connectivity index (χ0) is 45.6. The number of hydrogen-bond acceptors (Lipinski definition) is 9. The SMILES string of the molecule is CN(NC(=O)[C@H](CC(=O)[C@@H](N)Cc1cnc[nH]1)Cc1c[nH]c2ccccc12)C(=O)C[C@@H](Cc1c[nH]c2ccccc12)C(=O)N[C@H](Cc1ccccc1)C(=O)C[C@@H](CCCCN)C(N)=O. The van der Waals surface area contributed by atoms with Crippen molar-refractivity contribution >= 4 is 57.0 Å². The number of amides is 4. The highest BCUT2D eigenvalue weighted by molar-refractivity contribution is 5.95. The van der Waals surface area contributed by atoms with Gasteiger partial charge in [-0.05, 0) is 67.5 Å². The number of benzene rings is 3. The standard InChI is InChI=1S/C48H58N10O6/c1-58(57-48(64)32(20-34-26-53-40-16-7-5-14-37(34)40)23-43(59)39(50)25-36-28-52-29-55-36)45(61)24-33(21-35-27-54-41-17-8-6-15-38(35)41)47(63)56-42(19-30-11-3-2-4-12-30)44(60)22-31(46(51)62)13-9-10-18-49/h2-8,11-12,14-17,26-29,31-33,39,42,53-54H,9-10,13,18-25,49-50H2,1H3,(H2,51,62)(H,52,55)(H,56,63)(H,57,64)/t31-,32+,33-,39+,42-/m1/s1. The van der Waals surface area contributed by atoms with Crippen molar-refractivity contribution in [2.45, 2.75) is 76.3 Å². The van der Waals surface area contributed by atoms with Gasteiger partial charge in [0.25, 0.3) is 0 Å². The summed E-state index contributed by atoms with van der Waals surface area (Å²) >= 11 is 0. The number of hydrogen-bond donors (Lipinski definition) is 8. The zero-order valence-corrected chi connectivity index (χ0v) is 36.1. The first-order chi connectivity index (χ1) is 30.9. The molecule has 16 nitrogen and oxygen atoms in total. The van der Waals surface area contributed by atoms with Crippen molar-refractivity contribution in [3.05, 3.63) is 126 Å². The number of unbranched alkanes of at least 4 members (excludes halogenated alkanes) is 1. The Bertz CT molecular complexity index is 2520. The van der Waals surface area contributed by atoms with Gasteiger partial charge in [-0.25, -0.2) is 4.98 Å². The average molecular weight is 871 g/mol. The smallest absolute Gasteiger partial charge is 0.242 e. The Balaban J connectivity index is 1.22. The third-order valence-electron chi connectivity index (χ3n) is 11.8. The molecule has 336 valence electrons. The molecule has 11 N–H and O–H groups in total. The molecule has 0 saturated heterocycles. The van der Waals surface area contributed by atoms with Crippen molar-refractivity contribution < 1.29 is 28.8 Å². The van der Waals surface area contributed by atoms with E-state index >= 15 is 0 Å². The molecular weight excluding hydrogens is 813 g/mol. The number of aromatic nitrogens is 4.